The molecule has 0 aliphatic carbocycles. The zero-order valence-corrected chi connectivity index (χ0v) is 12.0. The summed E-state index contributed by atoms with van der Waals surface area (Å²) in [4.78, 5) is 13.1. The van der Waals surface area contributed by atoms with Gasteiger partial charge in [0.2, 0.25) is 0 Å². The van der Waals surface area contributed by atoms with Crippen LogP contribution < -0.4 is 4.90 Å². The molecule has 1 aromatic carbocycles. The van der Waals surface area contributed by atoms with E-state index in [1.807, 2.05) is 0 Å². The molecule has 2 aromatic rings. The van der Waals surface area contributed by atoms with Crippen LogP contribution in [0.15, 0.2) is 42.7 Å². The Morgan fingerprint density at radius 3 is 2.35 bits per heavy atom. The highest BCUT2D eigenvalue weighted by Crippen LogP contribution is 2.21. The molecule has 4 nitrogen and oxygen atoms in total. The number of nitrogens with zero attached hydrogens (tertiary/aromatic N) is 4. The van der Waals surface area contributed by atoms with Gasteiger partial charge in [0.25, 0.3) is 0 Å². The van der Waals surface area contributed by atoms with Crippen LogP contribution in [0.4, 0.5) is 5.82 Å². The first-order chi connectivity index (χ1) is 9.83. The van der Waals surface area contributed by atoms with Crippen molar-refractivity contribution in [3.05, 3.63) is 53.4 Å². The minimum Gasteiger partial charge on any atom is -0.351 e. The lowest BCUT2D eigenvalue weighted by atomic mass is 10.2. The average molecular weight is 289 g/mol. The largest absolute Gasteiger partial charge is 0.351 e. The minimum atomic E-state index is 0.490. The van der Waals surface area contributed by atoms with E-state index in [0.29, 0.717) is 5.15 Å². The molecule has 0 bridgehead atoms. The molecule has 1 aliphatic rings. The van der Waals surface area contributed by atoms with Crippen LogP contribution in [0.2, 0.25) is 5.15 Å². The number of piperazine rings is 1. The van der Waals surface area contributed by atoms with Crippen LogP contribution in [0.5, 0.6) is 0 Å². The standard InChI is InChI=1S/C15H17ClN4/c16-14-15(18-7-6-17-14)20-10-8-19(9-11-20)12-13-4-2-1-3-5-13/h1-7H,8-12H2. The molecule has 0 unspecified atom stereocenters. The zero-order chi connectivity index (χ0) is 13.8. The number of hydrogen-bond donors (Lipinski definition) is 0. The van der Waals surface area contributed by atoms with Crippen molar-refractivity contribution in [2.45, 2.75) is 6.54 Å². The summed E-state index contributed by atoms with van der Waals surface area (Å²) in [5, 5.41) is 0.490. The van der Waals surface area contributed by atoms with E-state index in [0.717, 1.165) is 38.5 Å². The zero-order valence-electron chi connectivity index (χ0n) is 11.2. The number of aromatic nitrogens is 2. The van der Waals surface area contributed by atoms with Crippen molar-refractivity contribution in [1.82, 2.24) is 14.9 Å². The summed E-state index contributed by atoms with van der Waals surface area (Å²) < 4.78 is 0. The van der Waals surface area contributed by atoms with Gasteiger partial charge >= 0.3 is 0 Å². The van der Waals surface area contributed by atoms with E-state index in [2.05, 4.69) is 50.1 Å². The Kier molecular flexibility index (Phi) is 4.14. The first-order valence-corrected chi connectivity index (χ1v) is 7.18. The van der Waals surface area contributed by atoms with Crippen molar-refractivity contribution >= 4 is 17.4 Å². The van der Waals surface area contributed by atoms with Crippen molar-refractivity contribution in [3.63, 3.8) is 0 Å². The van der Waals surface area contributed by atoms with Crippen LogP contribution in [0.25, 0.3) is 0 Å². The van der Waals surface area contributed by atoms with Gasteiger partial charge in [-0.25, -0.2) is 9.97 Å². The maximum atomic E-state index is 6.09. The second-order valence-corrected chi connectivity index (χ2v) is 5.28. The van der Waals surface area contributed by atoms with Gasteiger partial charge in [0.15, 0.2) is 11.0 Å². The molecule has 0 radical (unpaired) electrons. The van der Waals surface area contributed by atoms with Gasteiger partial charge < -0.3 is 4.90 Å². The van der Waals surface area contributed by atoms with Gasteiger partial charge in [-0.3, -0.25) is 4.90 Å². The molecule has 0 saturated carbocycles. The normalized spacial score (nSPS) is 16.4. The quantitative estimate of drug-likeness (QED) is 0.868. The number of benzene rings is 1. The monoisotopic (exact) mass is 288 g/mol. The Balaban J connectivity index is 1.59. The van der Waals surface area contributed by atoms with E-state index in [4.69, 9.17) is 11.6 Å². The van der Waals surface area contributed by atoms with Crippen molar-refractivity contribution in [3.8, 4) is 0 Å². The van der Waals surface area contributed by atoms with E-state index in [1.165, 1.54) is 5.56 Å². The molecule has 0 atom stereocenters. The van der Waals surface area contributed by atoms with Crippen LogP contribution in [-0.4, -0.2) is 41.0 Å². The third-order valence-electron chi connectivity index (χ3n) is 3.56. The second-order valence-electron chi connectivity index (χ2n) is 4.92. The van der Waals surface area contributed by atoms with Crippen LogP contribution in [0.1, 0.15) is 5.56 Å². The fourth-order valence-electron chi connectivity index (χ4n) is 2.49. The topological polar surface area (TPSA) is 32.3 Å². The van der Waals surface area contributed by atoms with Crippen molar-refractivity contribution in [2.75, 3.05) is 31.1 Å². The average Bonchev–Trinajstić information content (AvgIpc) is 2.50. The molecular weight excluding hydrogens is 272 g/mol. The van der Waals surface area contributed by atoms with Crippen LogP contribution in [-0.2, 0) is 6.54 Å². The molecule has 1 aromatic heterocycles. The molecule has 0 spiro atoms. The van der Waals surface area contributed by atoms with Crippen LogP contribution >= 0.6 is 11.6 Å². The first-order valence-electron chi connectivity index (χ1n) is 6.80. The van der Waals surface area contributed by atoms with E-state index in [1.54, 1.807) is 12.4 Å². The Labute approximate surface area is 124 Å². The summed E-state index contributed by atoms with van der Waals surface area (Å²) >= 11 is 6.09. The van der Waals surface area contributed by atoms with Crippen molar-refractivity contribution in [2.24, 2.45) is 0 Å². The maximum Gasteiger partial charge on any atom is 0.171 e. The Hall–Kier alpha value is -1.65. The summed E-state index contributed by atoms with van der Waals surface area (Å²) in [5.74, 6) is 0.800. The van der Waals surface area contributed by atoms with Gasteiger partial charge in [-0.1, -0.05) is 41.9 Å². The van der Waals surface area contributed by atoms with E-state index in [9.17, 15) is 0 Å². The number of halogens is 1. The Morgan fingerprint density at radius 2 is 1.65 bits per heavy atom. The molecule has 5 heteroatoms. The molecular formula is C15H17ClN4. The highest BCUT2D eigenvalue weighted by atomic mass is 35.5. The third kappa shape index (κ3) is 3.08. The lowest BCUT2D eigenvalue weighted by molar-refractivity contribution is 0.249. The molecule has 2 heterocycles. The second kappa shape index (κ2) is 6.20. The highest BCUT2D eigenvalue weighted by Gasteiger charge is 2.20. The SMILES string of the molecule is Clc1nccnc1N1CCN(Cc2ccccc2)CC1. The Bertz CT molecular complexity index is 553. The van der Waals surface area contributed by atoms with Gasteiger partial charge in [0.1, 0.15) is 0 Å². The van der Waals surface area contributed by atoms with Gasteiger partial charge in [0.05, 0.1) is 0 Å². The number of anilines is 1. The first kappa shape index (κ1) is 13.3. The number of hydrogen-bond acceptors (Lipinski definition) is 4. The Morgan fingerprint density at radius 1 is 0.950 bits per heavy atom. The summed E-state index contributed by atoms with van der Waals surface area (Å²) in [7, 11) is 0. The van der Waals surface area contributed by atoms with Gasteiger partial charge in [-0.05, 0) is 5.56 Å². The van der Waals surface area contributed by atoms with Crippen molar-refractivity contribution in [1.29, 1.82) is 0 Å². The maximum absolute atomic E-state index is 6.09. The van der Waals surface area contributed by atoms with Gasteiger partial charge in [-0.15, -0.1) is 0 Å². The predicted molar refractivity (Wildman–Crippen MR) is 81.0 cm³/mol. The molecule has 1 fully saturated rings. The van der Waals surface area contributed by atoms with Crippen molar-refractivity contribution < 1.29 is 0 Å². The highest BCUT2D eigenvalue weighted by molar-refractivity contribution is 6.31. The smallest absolute Gasteiger partial charge is 0.171 e. The fourth-order valence-corrected chi connectivity index (χ4v) is 2.71. The third-order valence-corrected chi connectivity index (χ3v) is 3.82. The molecule has 0 amide bonds. The fraction of sp³-hybridized carbons (Fsp3) is 0.333. The predicted octanol–water partition coefficient (Wildman–Crippen LogP) is 2.45. The molecule has 1 saturated heterocycles. The van der Waals surface area contributed by atoms with Gasteiger partial charge in [-0.2, -0.15) is 0 Å². The summed E-state index contributed by atoms with van der Waals surface area (Å²) in [6.45, 7) is 4.91. The summed E-state index contributed by atoms with van der Waals surface area (Å²) in [6, 6.07) is 10.6. The molecule has 0 N–H and O–H groups in total. The van der Waals surface area contributed by atoms with E-state index in [-0.39, 0.29) is 0 Å². The minimum absolute atomic E-state index is 0.490. The van der Waals surface area contributed by atoms with Gasteiger partial charge in [0, 0.05) is 45.1 Å². The van der Waals surface area contributed by atoms with E-state index >= 15 is 0 Å². The van der Waals surface area contributed by atoms with Crippen LogP contribution in [0, 0.1) is 0 Å². The number of rotatable bonds is 3. The molecule has 104 valence electrons. The molecule has 1 aliphatic heterocycles. The lowest BCUT2D eigenvalue weighted by Gasteiger charge is -2.35. The summed E-state index contributed by atoms with van der Waals surface area (Å²) in [6.07, 6.45) is 3.31. The van der Waals surface area contributed by atoms with Crippen LogP contribution in [0.3, 0.4) is 0 Å². The molecule has 20 heavy (non-hydrogen) atoms. The molecule has 3 rings (SSSR count). The van der Waals surface area contributed by atoms with E-state index < -0.39 is 0 Å². The summed E-state index contributed by atoms with van der Waals surface area (Å²) in [5.41, 5.74) is 1.36. The lowest BCUT2D eigenvalue weighted by Crippen LogP contribution is -2.46.